The van der Waals surface area contributed by atoms with Gasteiger partial charge in [0.15, 0.2) is 0 Å². The van der Waals surface area contributed by atoms with E-state index in [9.17, 15) is 4.79 Å². The number of carboxylic acids is 1. The minimum absolute atomic E-state index is 0. The topological polar surface area (TPSA) is 80.4 Å². The van der Waals surface area contributed by atoms with E-state index in [1.54, 1.807) is 0 Å². The van der Waals surface area contributed by atoms with Gasteiger partial charge in [0.25, 0.3) is 5.97 Å². The van der Waals surface area contributed by atoms with Crippen molar-refractivity contribution in [2.24, 2.45) is 5.73 Å². The van der Waals surface area contributed by atoms with Crippen LogP contribution >= 0.6 is 0 Å². The first-order valence-corrected chi connectivity index (χ1v) is 6.98. The maximum Gasteiger partial charge on any atom is 1.00 e. The van der Waals surface area contributed by atoms with Crippen LogP contribution in [0.2, 0.25) is 0 Å². The number of carbonyl (C=O) groups excluding carboxylic acids is 1. The summed E-state index contributed by atoms with van der Waals surface area (Å²) in [5.41, 5.74) is 5.05. The monoisotopic (exact) mass is 283 g/mol. The Bertz CT molecular complexity index is 213. The molecule has 0 aromatic heterocycles. The Labute approximate surface area is 141 Å². The second-order valence-corrected chi connectivity index (χ2v) is 4.56. The number of carboxylic acid groups (broad SMARTS) is 1. The van der Waals surface area contributed by atoms with E-state index in [2.05, 4.69) is 6.92 Å². The first-order chi connectivity index (χ1) is 8.50. The quantitative estimate of drug-likeness (QED) is 0.455. The van der Waals surface area contributed by atoms with Crippen molar-refractivity contribution in [3.8, 4) is 0 Å². The van der Waals surface area contributed by atoms with Crippen LogP contribution in [0.1, 0.15) is 79.5 Å². The minimum atomic E-state index is -0.833. The molecular weight excluding hydrogens is 253 g/mol. The van der Waals surface area contributed by atoms with Gasteiger partial charge in [0.1, 0.15) is 0 Å². The molecule has 0 rings (SSSR count). The second kappa shape index (κ2) is 20.3. The average Bonchev–Trinajstić information content (AvgIpc) is 2.26. The predicted octanol–water partition coefficient (Wildman–Crippen LogP) is 0.600. The van der Waals surface area contributed by atoms with E-state index in [1.165, 1.54) is 44.9 Å². The molecule has 3 N–H and O–H groups in total. The van der Waals surface area contributed by atoms with Crippen LogP contribution in [0.15, 0.2) is 0 Å². The molecule has 0 radical (unpaired) electrons. The molecule has 0 heterocycles. The Morgan fingerprint density at radius 3 is 1.58 bits per heavy atom. The number of hydrogen-bond donors (Lipinski definition) is 2. The molecule has 0 spiro atoms. The molecule has 0 aliphatic rings. The maximum atomic E-state index is 10.4. The van der Waals surface area contributed by atoms with Gasteiger partial charge < -0.3 is 12.3 Å². The molecule has 110 valence electrons. The van der Waals surface area contributed by atoms with E-state index in [0.717, 1.165) is 19.8 Å². The normalized spacial score (nSPS) is 8.95. The summed E-state index contributed by atoms with van der Waals surface area (Å²) in [7, 11) is 0. The molecule has 4 nitrogen and oxygen atoms in total. The molecule has 0 aliphatic carbocycles. The van der Waals surface area contributed by atoms with Crippen molar-refractivity contribution < 1.29 is 45.7 Å². The summed E-state index contributed by atoms with van der Waals surface area (Å²) in [5, 5.41) is 7.42. The Hall–Kier alpha value is -0.0600. The fourth-order valence-electron chi connectivity index (χ4n) is 1.61. The van der Waals surface area contributed by atoms with E-state index in [1.807, 2.05) is 0 Å². The third kappa shape index (κ3) is 38.1. The van der Waals surface area contributed by atoms with Gasteiger partial charge in [0.2, 0.25) is 5.91 Å². The Balaban J connectivity index is -0.000000188. The fourth-order valence-corrected chi connectivity index (χ4v) is 1.61. The third-order valence-corrected chi connectivity index (χ3v) is 2.53. The molecular formula is C14H30NNaO3. The van der Waals surface area contributed by atoms with Crippen LogP contribution in [-0.4, -0.2) is 17.0 Å². The van der Waals surface area contributed by atoms with Crippen LogP contribution in [0.5, 0.6) is 0 Å². The van der Waals surface area contributed by atoms with Gasteiger partial charge in [-0.3, -0.25) is 9.59 Å². The van der Waals surface area contributed by atoms with E-state index in [4.69, 9.17) is 15.6 Å². The number of unbranched alkanes of at least 4 members (excludes halogenated alkanes) is 8. The number of nitrogens with two attached hydrogens (primary N) is 1. The Morgan fingerprint density at radius 2 is 1.26 bits per heavy atom. The summed E-state index contributed by atoms with van der Waals surface area (Å²) >= 11 is 0. The van der Waals surface area contributed by atoms with Gasteiger partial charge in [-0.25, -0.2) is 0 Å². The molecule has 0 aromatic carbocycles. The van der Waals surface area contributed by atoms with Gasteiger partial charge in [0.05, 0.1) is 0 Å². The third-order valence-electron chi connectivity index (χ3n) is 2.53. The van der Waals surface area contributed by atoms with Gasteiger partial charge in [0, 0.05) is 13.3 Å². The largest absolute Gasteiger partial charge is 1.00 e. The first kappa shape index (κ1) is 24.0. The van der Waals surface area contributed by atoms with Gasteiger partial charge in [-0.1, -0.05) is 58.3 Å². The molecule has 0 aromatic rings. The molecule has 0 bridgehead atoms. The van der Waals surface area contributed by atoms with Crippen LogP contribution in [-0.2, 0) is 9.59 Å². The van der Waals surface area contributed by atoms with Gasteiger partial charge in [-0.2, -0.15) is 0 Å². The second-order valence-electron chi connectivity index (χ2n) is 4.56. The molecule has 0 saturated carbocycles. The smallest absolute Gasteiger partial charge is 1.00 e. The van der Waals surface area contributed by atoms with Crippen molar-refractivity contribution in [3.63, 3.8) is 0 Å². The number of primary amides is 1. The summed E-state index contributed by atoms with van der Waals surface area (Å²) in [6, 6.07) is 0. The SMILES string of the molecule is CC(=O)O.CCCCCCCCCCCC(N)=O.[H-].[Na+]. The maximum absolute atomic E-state index is 10.4. The zero-order valence-corrected chi connectivity index (χ0v) is 14.9. The summed E-state index contributed by atoms with van der Waals surface area (Å²) in [4.78, 5) is 19.4. The molecule has 19 heavy (non-hydrogen) atoms. The zero-order valence-electron chi connectivity index (χ0n) is 13.9. The van der Waals surface area contributed by atoms with E-state index in [-0.39, 0.29) is 36.9 Å². The van der Waals surface area contributed by atoms with Crippen LogP contribution in [0.25, 0.3) is 0 Å². The number of hydrogen-bond acceptors (Lipinski definition) is 2. The van der Waals surface area contributed by atoms with Crippen LogP contribution in [0.3, 0.4) is 0 Å². The number of aliphatic carboxylic acids is 1. The van der Waals surface area contributed by atoms with Crippen LogP contribution in [0, 0.1) is 0 Å². The van der Waals surface area contributed by atoms with Gasteiger partial charge in [-0.15, -0.1) is 0 Å². The minimum Gasteiger partial charge on any atom is -1.00 e. The van der Waals surface area contributed by atoms with E-state index >= 15 is 0 Å². The summed E-state index contributed by atoms with van der Waals surface area (Å²) in [6.07, 6.45) is 12.1. The van der Waals surface area contributed by atoms with Crippen molar-refractivity contribution in [1.82, 2.24) is 0 Å². The van der Waals surface area contributed by atoms with Crippen molar-refractivity contribution in [2.75, 3.05) is 0 Å². The molecule has 0 atom stereocenters. The van der Waals surface area contributed by atoms with Crippen molar-refractivity contribution in [3.05, 3.63) is 0 Å². The van der Waals surface area contributed by atoms with Crippen molar-refractivity contribution in [1.29, 1.82) is 0 Å². The van der Waals surface area contributed by atoms with Crippen LogP contribution in [0.4, 0.5) is 0 Å². The average molecular weight is 283 g/mol. The van der Waals surface area contributed by atoms with Crippen molar-refractivity contribution in [2.45, 2.75) is 78.1 Å². The van der Waals surface area contributed by atoms with Crippen molar-refractivity contribution >= 4 is 11.9 Å². The number of carbonyl (C=O) groups is 2. The summed E-state index contributed by atoms with van der Waals surface area (Å²) < 4.78 is 0. The van der Waals surface area contributed by atoms with Crippen LogP contribution < -0.4 is 35.3 Å². The predicted molar refractivity (Wildman–Crippen MR) is 75.5 cm³/mol. The van der Waals surface area contributed by atoms with Gasteiger partial charge in [-0.05, 0) is 6.42 Å². The summed E-state index contributed by atoms with van der Waals surface area (Å²) in [6.45, 7) is 3.32. The van der Waals surface area contributed by atoms with Gasteiger partial charge >= 0.3 is 29.6 Å². The molecule has 1 amide bonds. The standard InChI is InChI=1S/C12H25NO.C2H4O2.Na.H/c1-2-3-4-5-6-7-8-9-10-11-12(13)14;1-2(3)4;;/h2-11H2,1H3,(H2,13,14);1H3,(H,3,4);;/q;;+1;-1. The number of rotatable bonds is 10. The molecule has 0 saturated heterocycles. The Kier molecular flexibility index (Phi) is 25.6. The molecule has 0 fully saturated rings. The molecule has 0 unspecified atom stereocenters. The zero-order chi connectivity index (χ0) is 14.2. The molecule has 5 heteroatoms. The Morgan fingerprint density at radius 1 is 0.947 bits per heavy atom. The first-order valence-electron chi connectivity index (χ1n) is 6.98. The fraction of sp³-hybridized carbons (Fsp3) is 0.857. The molecule has 0 aliphatic heterocycles. The number of amides is 1. The van der Waals surface area contributed by atoms with E-state index < -0.39 is 5.97 Å². The summed E-state index contributed by atoms with van der Waals surface area (Å²) in [5.74, 6) is -0.993. The van der Waals surface area contributed by atoms with E-state index in [0.29, 0.717) is 6.42 Å².